The second kappa shape index (κ2) is 5.44. The van der Waals surface area contributed by atoms with Crippen molar-refractivity contribution in [3.8, 4) is 17.1 Å². The van der Waals surface area contributed by atoms with Crippen LogP contribution < -0.4 is 10.1 Å². The second-order valence-corrected chi connectivity index (χ2v) is 5.58. The summed E-state index contributed by atoms with van der Waals surface area (Å²) in [7, 11) is 1.43. The fraction of sp³-hybridized carbons (Fsp3) is 0.467. The van der Waals surface area contributed by atoms with E-state index in [1.54, 1.807) is 12.1 Å². The number of nitrogens with one attached hydrogen (secondary N) is 1. The van der Waals surface area contributed by atoms with E-state index in [1.165, 1.54) is 13.2 Å². The first-order valence-corrected chi connectivity index (χ1v) is 7.01. The lowest BCUT2D eigenvalue weighted by Gasteiger charge is -2.30. The van der Waals surface area contributed by atoms with Crippen LogP contribution in [0.4, 0.5) is 4.39 Å². The summed E-state index contributed by atoms with van der Waals surface area (Å²) in [6.07, 6.45) is 1.92. The molecule has 0 unspecified atom stereocenters. The summed E-state index contributed by atoms with van der Waals surface area (Å²) in [5.41, 5.74) is 0.585. The number of halogens is 1. The highest BCUT2D eigenvalue weighted by molar-refractivity contribution is 5.57. The maximum absolute atomic E-state index is 13.4. The Kier molecular flexibility index (Phi) is 3.63. The summed E-state index contributed by atoms with van der Waals surface area (Å²) in [4.78, 5) is 4.50. The van der Waals surface area contributed by atoms with Crippen LogP contribution in [0, 0.1) is 5.82 Å². The molecular weight excluding hydrogens is 273 g/mol. The highest BCUT2D eigenvalue weighted by Crippen LogP contribution is 2.33. The van der Waals surface area contributed by atoms with Crippen molar-refractivity contribution >= 4 is 0 Å². The smallest absolute Gasteiger partial charge is 0.232 e. The normalized spacial score (nSPS) is 17.7. The Balaban J connectivity index is 1.91. The van der Waals surface area contributed by atoms with Crippen molar-refractivity contribution in [3.63, 3.8) is 0 Å². The van der Waals surface area contributed by atoms with Gasteiger partial charge in [0, 0.05) is 11.0 Å². The molecule has 1 saturated heterocycles. The van der Waals surface area contributed by atoms with Gasteiger partial charge >= 0.3 is 0 Å². The molecule has 3 rings (SSSR count). The average molecular weight is 291 g/mol. The molecule has 1 fully saturated rings. The van der Waals surface area contributed by atoms with Gasteiger partial charge in [-0.3, -0.25) is 0 Å². The molecule has 1 aromatic heterocycles. The maximum Gasteiger partial charge on any atom is 0.232 e. The molecule has 6 heteroatoms. The summed E-state index contributed by atoms with van der Waals surface area (Å²) < 4.78 is 23.9. The van der Waals surface area contributed by atoms with Crippen LogP contribution in [0.1, 0.15) is 25.7 Å². The molecule has 21 heavy (non-hydrogen) atoms. The van der Waals surface area contributed by atoms with Crippen LogP contribution >= 0.6 is 0 Å². The molecule has 1 N–H and O–H groups in total. The summed E-state index contributed by atoms with van der Waals surface area (Å²) >= 11 is 0. The number of hydrogen-bond donors (Lipinski definition) is 1. The van der Waals surface area contributed by atoms with Crippen LogP contribution in [0.5, 0.6) is 5.75 Å². The number of rotatable bonds is 3. The quantitative estimate of drug-likeness (QED) is 0.941. The lowest BCUT2D eigenvalue weighted by molar-refractivity contribution is 0.241. The third-order valence-electron chi connectivity index (χ3n) is 4.06. The minimum atomic E-state index is -0.407. The molecule has 0 aliphatic carbocycles. The number of benzene rings is 1. The van der Waals surface area contributed by atoms with E-state index in [0.717, 1.165) is 25.9 Å². The summed E-state index contributed by atoms with van der Waals surface area (Å²) in [6.45, 7) is 4.02. The predicted octanol–water partition coefficient (Wildman–Crippen LogP) is 2.53. The van der Waals surface area contributed by atoms with E-state index in [0.29, 0.717) is 17.3 Å². The van der Waals surface area contributed by atoms with Gasteiger partial charge in [-0.2, -0.15) is 4.98 Å². The fourth-order valence-corrected chi connectivity index (χ4v) is 2.58. The first kappa shape index (κ1) is 14.0. The molecular formula is C15H18FN3O2. The van der Waals surface area contributed by atoms with Gasteiger partial charge in [0.2, 0.25) is 11.7 Å². The molecule has 1 aliphatic rings. The van der Waals surface area contributed by atoms with E-state index in [9.17, 15) is 4.39 Å². The van der Waals surface area contributed by atoms with Crippen LogP contribution in [0.2, 0.25) is 0 Å². The molecule has 5 nitrogen and oxygen atoms in total. The SMILES string of the molecule is COc1cc(-c2noc(C3(C)CCNCC3)n2)ccc1F. The van der Waals surface area contributed by atoms with Crippen LogP contribution in [0.3, 0.4) is 0 Å². The molecule has 0 amide bonds. The van der Waals surface area contributed by atoms with E-state index < -0.39 is 5.82 Å². The van der Waals surface area contributed by atoms with Crippen molar-refractivity contribution in [1.29, 1.82) is 0 Å². The predicted molar refractivity (Wildman–Crippen MR) is 75.7 cm³/mol. The highest BCUT2D eigenvalue weighted by atomic mass is 19.1. The summed E-state index contributed by atoms with van der Waals surface area (Å²) in [5.74, 6) is 0.868. The van der Waals surface area contributed by atoms with Gasteiger partial charge in [-0.1, -0.05) is 12.1 Å². The molecule has 112 valence electrons. The molecule has 1 aliphatic heterocycles. The van der Waals surface area contributed by atoms with E-state index in [1.807, 2.05) is 0 Å². The molecule has 0 spiro atoms. The number of ether oxygens (including phenoxy) is 1. The minimum absolute atomic E-state index is 0.0966. The van der Waals surface area contributed by atoms with Crippen LogP contribution in [-0.2, 0) is 5.41 Å². The van der Waals surface area contributed by atoms with E-state index in [-0.39, 0.29) is 11.2 Å². The Hall–Kier alpha value is -1.95. The first-order valence-electron chi connectivity index (χ1n) is 7.01. The van der Waals surface area contributed by atoms with Crippen LogP contribution in [0.15, 0.2) is 22.7 Å². The second-order valence-electron chi connectivity index (χ2n) is 5.58. The fourth-order valence-electron chi connectivity index (χ4n) is 2.58. The monoisotopic (exact) mass is 291 g/mol. The summed E-state index contributed by atoms with van der Waals surface area (Å²) in [6, 6.07) is 4.54. The number of piperidine rings is 1. The van der Waals surface area contributed by atoms with Gasteiger partial charge in [-0.25, -0.2) is 4.39 Å². The maximum atomic E-state index is 13.4. The van der Waals surface area contributed by atoms with Crippen molar-refractivity contribution in [3.05, 3.63) is 29.9 Å². The lowest BCUT2D eigenvalue weighted by Crippen LogP contribution is -2.37. The molecule has 2 heterocycles. The largest absolute Gasteiger partial charge is 0.494 e. The first-order chi connectivity index (χ1) is 10.1. The van der Waals surface area contributed by atoms with E-state index >= 15 is 0 Å². The molecule has 0 radical (unpaired) electrons. The van der Waals surface area contributed by atoms with Gasteiger partial charge < -0.3 is 14.6 Å². The van der Waals surface area contributed by atoms with Crippen LogP contribution in [0.25, 0.3) is 11.4 Å². The zero-order chi connectivity index (χ0) is 14.9. The number of nitrogens with zero attached hydrogens (tertiary/aromatic N) is 2. The van der Waals surface area contributed by atoms with Gasteiger partial charge in [0.15, 0.2) is 11.6 Å². The van der Waals surface area contributed by atoms with Gasteiger partial charge in [0.25, 0.3) is 0 Å². The van der Waals surface area contributed by atoms with Crippen molar-refractivity contribution < 1.29 is 13.7 Å². The number of hydrogen-bond acceptors (Lipinski definition) is 5. The topological polar surface area (TPSA) is 60.2 Å². The molecule has 0 bridgehead atoms. The van der Waals surface area contributed by atoms with Crippen molar-refractivity contribution in [2.24, 2.45) is 0 Å². The third-order valence-corrected chi connectivity index (χ3v) is 4.06. The third kappa shape index (κ3) is 2.63. The zero-order valence-corrected chi connectivity index (χ0v) is 12.1. The average Bonchev–Trinajstić information content (AvgIpc) is 2.99. The highest BCUT2D eigenvalue weighted by Gasteiger charge is 2.34. The minimum Gasteiger partial charge on any atom is -0.494 e. The van der Waals surface area contributed by atoms with Crippen molar-refractivity contribution in [2.75, 3.05) is 20.2 Å². The molecule has 0 atom stereocenters. The Bertz CT molecular complexity index is 636. The van der Waals surface area contributed by atoms with E-state index in [4.69, 9.17) is 9.26 Å². The summed E-state index contributed by atoms with van der Waals surface area (Å²) in [5, 5.41) is 7.35. The zero-order valence-electron chi connectivity index (χ0n) is 12.1. The van der Waals surface area contributed by atoms with Crippen molar-refractivity contribution in [1.82, 2.24) is 15.5 Å². The van der Waals surface area contributed by atoms with E-state index in [2.05, 4.69) is 22.4 Å². The molecule has 0 saturated carbocycles. The van der Waals surface area contributed by atoms with Gasteiger partial charge in [0.1, 0.15) is 0 Å². The Morgan fingerprint density at radius 1 is 1.33 bits per heavy atom. The molecule has 1 aromatic carbocycles. The lowest BCUT2D eigenvalue weighted by atomic mass is 9.81. The number of methoxy groups -OCH3 is 1. The van der Waals surface area contributed by atoms with Gasteiger partial charge in [0.05, 0.1) is 7.11 Å². The molecule has 2 aromatic rings. The Labute approximate surface area is 122 Å². The Morgan fingerprint density at radius 3 is 2.81 bits per heavy atom. The number of aromatic nitrogens is 2. The van der Waals surface area contributed by atoms with Crippen molar-refractivity contribution in [2.45, 2.75) is 25.2 Å². The Morgan fingerprint density at radius 2 is 2.10 bits per heavy atom. The van der Waals surface area contributed by atoms with Gasteiger partial charge in [-0.05, 0) is 44.1 Å². The van der Waals surface area contributed by atoms with Crippen LogP contribution in [-0.4, -0.2) is 30.3 Å². The van der Waals surface area contributed by atoms with Gasteiger partial charge in [-0.15, -0.1) is 0 Å². The standard InChI is InChI=1S/C15H18FN3O2/c1-15(5-7-17-8-6-15)14-18-13(19-21-14)10-3-4-11(16)12(9-10)20-2/h3-4,9,17H,5-8H2,1-2H3.